The van der Waals surface area contributed by atoms with Gasteiger partial charge in [0.1, 0.15) is 5.75 Å². The molecular formula is C22H32OSiTi-. The molecule has 0 aliphatic heterocycles. The Bertz CT molecular complexity index is 571. The van der Waals surface area contributed by atoms with Gasteiger partial charge in [-0.1, -0.05) is 70.1 Å². The van der Waals surface area contributed by atoms with Crippen LogP contribution >= 0.6 is 0 Å². The van der Waals surface area contributed by atoms with E-state index in [2.05, 4.69) is 46.9 Å². The van der Waals surface area contributed by atoms with Gasteiger partial charge in [0.15, 0.2) is 0 Å². The second-order valence-corrected chi connectivity index (χ2v) is 6.82. The number of hydrogen-bond acceptors (Lipinski definition) is 1. The molecule has 0 N–H and O–H groups in total. The van der Waals surface area contributed by atoms with E-state index in [0.29, 0.717) is 5.92 Å². The molecule has 0 saturated heterocycles. The monoisotopic (exact) mass is 388 g/mol. The smallest absolute Gasteiger partial charge is 0.126 e. The predicted octanol–water partition coefficient (Wildman–Crippen LogP) is 6.39. The van der Waals surface area contributed by atoms with E-state index in [4.69, 9.17) is 4.74 Å². The van der Waals surface area contributed by atoms with Crippen molar-refractivity contribution in [2.45, 2.75) is 47.7 Å². The van der Waals surface area contributed by atoms with Crippen LogP contribution in [0.15, 0.2) is 71.5 Å². The minimum atomic E-state index is 0. The Morgan fingerprint density at radius 3 is 1.96 bits per heavy atom. The third-order valence-electron chi connectivity index (χ3n) is 3.57. The first-order chi connectivity index (χ1) is 11.5. The molecule has 1 aliphatic rings. The van der Waals surface area contributed by atoms with E-state index in [0.717, 1.165) is 15.3 Å². The number of rotatable bonds is 3. The fraction of sp³-hybridized carbons (Fsp3) is 0.364. The molecule has 1 aromatic rings. The Morgan fingerprint density at radius 1 is 1.04 bits per heavy atom. The van der Waals surface area contributed by atoms with Crippen LogP contribution in [-0.4, -0.2) is 9.52 Å². The Balaban J connectivity index is 0. The maximum Gasteiger partial charge on any atom is 0.126 e. The van der Waals surface area contributed by atoms with Crippen molar-refractivity contribution < 1.29 is 26.5 Å². The second-order valence-electron chi connectivity index (χ2n) is 5.66. The molecule has 1 unspecified atom stereocenters. The molecule has 0 amide bonds. The van der Waals surface area contributed by atoms with Gasteiger partial charge in [-0.25, -0.2) is 5.57 Å². The maximum absolute atomic E-state index is 5.28. The van der Waals surface area contributed by atoms with E-state index in [9.17, 15) is 0 Å². The van der Waals surface area contributed by atoms with Gasteiger partial charge < -0.3 is 4.74 Å². The zero-order valence-electron chi connectivity index (χ0n) is 16.8. The molecule has 1 atom stereocenters. The SMILES string of the molecule is CC1=[C-]C(C)C(C)=C1C.CC=CC=COc1ccccc1.C[SiH]C.[Ti]. The van der Waals surface area contributed by atoms with Crippen LogP contribution in [0.25, 0.3) is 0 Å². The van der Waals surface area contributed by atoms with Gasteiger partial charge in [0, 0.05) is 31.2 Å². The Hall–Kier alpha value is -1.09. The number of benzene rings is 1. The van der Waals surface area contributed by atoms with Crippen LogP contribution in [0.2, 0.25) is 13.1 Å². The third-order valence-corrected chi connectivity index (χ3v) is 3.57. The minimum Gasteiger partial charge on any atom is -0.465 e. The Morgan fingerprint density at radius 2 is 1.60 bits per heavy atom. The predicted molar refractivity (Wildman–Crippen MR) is 110 cm³/mol. The van der Waals surface area contributed by atoms with Crippen molar-refractivity contribution in [3.8, 4) is 5.75 Å². The summed E-state index contributed by atoms with van der Waals surface area (Å²) in [5, 5.41) is 0. The number of ether oxygens (including phenoxy) is 1. The molecule has 1 aliphatic carbocycles. The molecule has 0 saturated carbocycles. The summed E-state index contributed by atoms with van der Waals surface area (Å²) in [5.74, 6) is 1.42. The number of para-hydroxylation sites is 1. The van der Waals surface area contributed by atoms with Crippen LogP contribution in [-0.2, 0) is 21.7 Å². The number of hydrogen-bond donors (Lipinski definition) is 0. The Kier molecular flexibility index (Phi) is 17.1. The molecule has 135 valence electrons. The summed E-state index contributed by atoms with van der Waals surface area (Å²) < 4.78 is 5.28. The first-order valence-corrected chi connectivity index (χ1v) is 10.8. The quantitative estimate of drug-likeness (QED) is 0.252. The van der Waals surface area contributed by atoms with Crippen LogP contribution in [0.5, 0.6) is 5.75 Å². The topological polar surface area (TPSA) is 9.23 Å². The van der Waals surface area contributed by atoms with Crippen LogP contribution < -0.4 is 4.74 Å². The molecule has 0 heterocycles. The summed E-state index contributed by atoms with van der Waals surface area (Å²) in [7, 11) is 0.750. The number of allylic oxidation sites excluding steroid dienone is 7. The summed E-state index contributed by atoms with van der Waals surface area (Å²) in [6.07, 6.45) is 10.7. The summed E-state index contributed by atoms with van der Waals surface area (Å²) in [5.41, 5.74) is 4.25. The minimum absolute atomic E-state index is 0. The van der Waals surface area contributed by atoms with Crippen LogP contribution in [0.1, 0.15) is 34.6 Å². The molecule has 3 heteroatoms. The molecule has 0 aromatic heterocycles. The summed E-state index contributed by atoms with van der Waals surface area (Å²) in [6, 6.07) is 9.68. The molecule has 1 radical (unpaired) electrons. The van der Waals surface area contributed by atoms with Gasteiger partial charge in [-0.05, 0) is 25.1 Å². The van der Waals surface area contributed by atoms with Crippen molar-refractivity contribution in [3.63, 3.8) is 0 Å². The largest absolute Gasteiger partial charge is 0.465 e. The second kappa shape index (κ2) is 16.4. The average molecular weight is 388 g/mol. The molecule has 1 aromatic carbocycles. The van der Waals surface area contributed by atoms with Gasteiger partial charge in [-0.15, -0.1) is 6.92 Å². The van der Waals surface area contributed by atoms with Gasteiger partial charge in [0.2, 0.25) is 0 Å². The fourth-order valence-corrected chi connectivity index (χ4v) is 1.94. The van der Waals surface area contributed by atoms with E-state index in [1.54, 1.807) is 6.26 Å². The first kappa shape index (κ1) is 26.1. The van der Waals surface area contributed by atoms with Crippen LogP contribution in [0, 0.1) is 12.0 Å². The van der Waals surface area contributed by atoms with Gasteiger partial charge in [0.05, 0.1) is 6.26 Å². The molecule has 0 fully saturated rings. The van der Waals surface area contributed by atoms with Crippen molar-refractivity contribution in [2.75, 3.05) is 0 Å². The molecule has 2 rings (SSSR count). The summed E-state index contributed by atoms with van der Waals surface area (Å²) in [4.78, 5) is 0. The molecule has 25 heavy (non-hydrogen) atoms. The van der Waals surface area contributed by atoms with E-state index < -0.39 is 0 Å². The molecule has 0 bridgehead atoms. The van der Waals surface area contributed by atoms with E-state index >= 15 is 0 Å². The Labute approximate surface area is 172 Å². The zero-order valence-corrected chi connectivity index (χ0v) is 19.5. The van der Waals surface area contributed by atoms with Gasteiger partial charge in [-0.3, -0.25) is 6.08 Å². The van der Waals surface area contributed by atoms with Crippen molar-refractivity contribution in [1.29, 1.82) is 0 Å². The molecule has 0 spiro atoms. The van der Waals surface area contributed by atoms with Crippen LogP contribution in [0.4, 0.5) is 0 Å². The van der Waals surface area contributed by atoms with Crippen molar-refractivity contribution in [3.05, 3.63) is 77.6 Å². The van der Waals surface area contributed by atoms with E-state index in [1.165, 1.54) is 16.7 Å². The van der Waals surface area contributed by atoms with Crippen LogP contribution in [0.3, 0.4) is 0 Å². The van der Waals surface area contributed by atoms with Gasteiger partial charge >= 0.3 is 0 Å². The van der Waals surface area contributed by atoms with Crippen molar-refractivity contribution in [2.24, 2.45) is 5.92 Å². The fourth-order valence-electron chi connectivity index (χ4n) is 1.94. The third kappa shape index (κ3) is 12.0. The van der Waals surface area contributed by atoms with Gasteiger partial charge in [0.25, 0.3) is 0 Å². The van der Waals surface area contributed by atoms with E-state index in [1.807, 2.05) is 55.5 Å². The molecular weight excluding hydrogens is 356 g/mol. The van der Waals surface area contributed by atoms with Crippen molar-refractivity contribution in [1.82, 2.24) is 0 Å². The average Bonchev–Trinajstić information content (AvgIpc) is 2.80. The maximum atomic E-state index is 5.28. The summed E-state index contributed by atoms with van der Waals surface area (Å²) >= 11 is 0. The van der Waals surface area contributed by atoms with Crippen molar-refractivity contribution >= 4 is 9.52 Å². The normalized spacial score (nSPS) is 15.8. The zero-order chi connectivity index (χ0) is 18.4. The molecule has 1 nitrogen and oxygen atoms in total. The van der Waals surface area contributed by atoms with Gasteiger partial charge in [-0.2, -0.15) is 11.1 Å². The standard InChI is InChI=1S/C11H12O.C9H13.C2H7Si.Ti/c1-2-3-7-10-12-11-8-5-4-6-9-11;1-6-5-7(2)9(4)8(6)3;1-3-2;/h2-10H,1H3;6H,1-4H3;3H,1-2H3;/q;-1;;. The van der Waals surface area contributed by atoms with E-state index in [-0.39, 0.29) is 21.7 Å². The first-order valence-electron chi connectivity index (χ1n) is 8.49. The summed E-state index contributed by atoms with van der Waals surface area (Å²) in [6.45, 7) is 15.1.